The summed E-state index contributed by atoms with van der Waals surface area (Å²) in [6.45, 7) is 19.7. The standard InChI is InChI=1S/C15H31NO.C12H12F3NO2.C6H12O2/c1-6-12(4)9-10-15(8-3,14(16)17)11-13(5)7-2;1-7(17)8-4-5-10(12(13,14)15)16-11(8)9-3-2-6-18-9;1-5(7)8-6(2,3)4/h12-13H,6-11H2,1-5H3,(H2,16,17);4-5,9H,2-3,6H2,1H3;1-4H3. The molecule has 0 radical (unpaired) electrons. The number of rotatable bonds is 11. The van der Waals surface area contributed by atoms with Crippen molar-refractivity contribution < 1.29 is 37.0 Å². The maximum Gasteiger partial charge on any atom is 0.433 e. The van der Waals surface area contributed by atoms with E-state index in [2.05, 4.69) is 39.6 Å². The van der Waals surface area contributed by atoms with Gasteiger partial charge in [0.1, 0.15) is 17.4 Å². The van der Waals surface area contributed by atoms with E-state index in [0.717, 1.165) is 44.6 Å². The summed E-state index contributed by atoms with van der Waals surface area (Å²) < 4.78 is 47.9. The van der Waals surface area contributed by atoms with Gasteiger partial charge in [-0.05, 0) is 90.2 Å². The van der Waals surface area contributed by atoms with E-state index in [-0.39, 0.29) is 39.9 Å². The molecule has 1 aliphatic heterocycles. The molecule has 1 fully saturated rings. The van der Waals surface area contributed by atoms with Crippen molar-refractivity contribution in [3.63, 3.8) is 0 Å². The molecule has 2 rings (SSSR count). The molecule has 7 nitrogen and oxygen atoms in total. The SMILES string of the molecule is CC(=O)OC(C)(C)C.CC(=O)c1ccc(C(F)(F)F)nc1C1CCCO1.CCC(C)CCC(CC)(CC(C)CC)C(N)=O. The van der Waals surface area contributed by atoms with Crippen molar-refractivity contribution in [1.29, 1.82) is 0 Å². The third-order valence-corrected chi connectivity index (χ3v) is 7.73. The van der Waals surface area contributed by atoms with Crippen LogP contribution in [0.25, 0.3) is 0 Å². The van der Waals surface area contributed by atoms with Gasteiger partial charge in [0.2, 0.25) is 5.91 Å². The van der Waals surface area contributed by atoms with Crippen LogP contribution in [0.15, 0.2) is 12.1 Å². The number of nitrogens with zero attached hydrogens (tertiary/aromatic N) is 1. The number of hydrogen-bond acceptors (Lipinski definition) is 6. The minimum atomic E-state index is -4.51. The molecule has 1 aromatic rings. The summed E-state index contributed by atoms with van der Waals surface area (Å²) >= 11 is 0. The van der Waals surface area contributed by atoms with Crippen molar-refractivity contribution in [1.82, 2.24) is 4.98 Å². The van der Waals surface area contributed by atoms with E-state index in [1.807, 2.05) is 20.8 Å². The molecule has 0 saturated carbocycles. The average molecular weight is 617 g/mol. The number of ketones is 1. The van der Waals surface area contributed by atoms with Crippen LogP contribution in [0.2, 0.25) is 0 Å². The fourth-order valence-corrected chi connectivity index (χ4v) is 4.76. The molecule has 1 aliphatic rings. The van der Waals surface area contributed by atoms with Gasteiger partial charge in [-0.25, -0.2) is 4.98 Å². The molecule has 0 aliphatic carbocycles. The number of carbonyl (C=O) groups is 3. The third kappa shape index (κ3) is 15.2. The summed E-state index contributed by atoms with van der Waals surface area (Å²) in [6, 6.07) is 2.00. The molecule has 4 atom stereocenters. The van der Waals surface area contributed by atoms with Crippen LogP contribution >= 0.6 is 0 Å². The Labute approximate surface area is 256 Å². The van der Waals surface area contributed by atoms with Gasteiger partial charge in [-0.2, -0.15) is 13.2 Å². The van der Waals surface area contributed by atoms with Crippen LogP contribution in [-0.4, -0.2) is 34.9 Å². The number of Topliss-reactive ketones (excluding diaryl/α,β-unsaturated/α-hetero) is 1. The summed E-state index contributed by atoms with van der Waals surface area (Å²) in [6.07, 6.45) is 2.54. The fourth-order valence-electron chi connectivity index (χ4n) is 4.76. The first kappa shape index (κ1) is 40.5. The number of esters is 1. The number of alkyl halides is 3. The normalized spacial score (nSPS) is 17.7. The number of primary amides is 1. The van der Waals surface area contributed by atoms with Crippen molar-refractivity contribution in [3.05, 3.63) is 29.1 Å². The first-order valence-electron chi connectivity index (χ1n) is 15.4. The highest BCUT2D eigenvalue weighted by Crippen LogP contribution is 2.37. The number of ether oxygens (including phenoxy) is 2. The Morgan fingerprint density at radius 1 is 1.05 bits per heavy atom. The summed E-state index contributed by atoms with van der Waals surface area (Å²) in [5.74, 6) is 0.652. The summed E-state index contributed by atoms with van der Waals surface area (Å²) in [5.41, 5.74) is 4.40. The van der Waals surface area contributed by atoms with Crippen LogP contribution in [0, 0.1) is 17.3 Å². The molecule has 248 valence electrons. The van der Waals surface area contributed by atoms with Crippen molar-refractivity contribution >= 4 is 17.7 Å². The molecule has 1 aromatic heterocycles. The quantitative estimate of drug-likeness (QED) is 0.197. The van der Waals surface area contributed by atoms with Crippen LogP contribution in [0.1, 0.15) is 148 Å². The Kier molecular flexibility index (Phi) is 17.3. The zero-order valence-electron chi connectivity index (χ0n) is 28.0. The number of aromatic nitrogens is 1. The maximum atomic E-state index is 12.6. The van der Waals surface area contributed by atoms with Gasteiger partial charge >= 0.3 is 12.1 Å². The van der Waals surface area contributed by atoms with Gasteiger partial charge in [0.05, 0.1) is 5.69 Å². The molecule has 0 spiro atoms. The Bertz CT molecular complexity index is 1020. The number of carbonyl (C=O) groups excluding carboxylic acids is 3. The lowest BCUT2D eigenvalue weighted by Crippen LogP contribution is -2.38. The number of nitrogens with two attached hydrogens (primary N) is 1. The van der Waals surface area contributed by atoms with Gasteiger partial charge in [0.15, 0.2) is 5.78 Å². The van der Waals surface area contributed by atoms with Gasteiger partial charge in [-0.15, -0.1) is 0 Å². The van der Waals surface area contributed by atoms with Crippen LogP contribution in [-0.2, 0) is 25.2 Å². The second-order valence-corrected chi connectivity index (χ2v) is 12.7. The van der Waals surface area contributed by atoms with Crippen LogP contribution < -0.4 is 5.73 Å². The molecule has 10 heteroatoms. The van der Waals surface area contributed by atoms with Crippen molar-refractivity contribution in [3.8, 4) is 0 Å². The van der Waals surface area contributed by atoms with Crippen LogP contribution in [0.4, 0.5) is 13.2 Å². The molecule has 0 bridgehead atoms. The van der Waals surface area contributed by atoms with Gasteiger partial charge in [-0.1, -0.05) is 47.5 Å². The Morgan fingerprint density at radius 3 is 1.98 bits per heavy atom. The van der Waals surface area contributed by atoms with E-state index in [1.54, 1.807) is 0 Å². The second-order valence-electron chi connectivity index (χ2n) is 12.7. The minimum absolute atomic E-state index is 0.0939. The zero-order chi connectivity index (χ0) is 33.6. The molecule has 1 amide bonds. The molecule has 2 N–H and O–H groups in total. The molecule has 2 heterocycles. The van der Waals surface area contributed by atoms with Crippen molar-refractivity contribution in [2.45, 2.75) is 138 Å². The zero-order valence-corrected chi connectivity index (χ0v) is 28.0. The highest BCUT2D eigenvalue weighted by atomic mass is 19.4. The summed E-state index contributed by atoms with van der Waals surface area (Å²) in [7, 11) is 0. The highest BCUT2D eigenvalue weighted by Gasteiger charge is 2.36. The van der Waals surface area contributed by atoms with Gasteiger partial charge in [-0.3, -0.25) is 14.4 Å². The lowest BCUT2D eigenvalue weighted by Gasteiger charge is -2.32. The van der Waals surface area contributed by atoms with Gasteiger partial charge in [0, 0.05) is 24.5 Å². The van der Waals surface area contributed by atoms with E-state index in [0.29, 0.717) is 24.9 Å². The Morgan fingerprint density at radius 2 is 1.63 bits per heavy atom. The third-order valence-electron chi connectivity index (χ3n) is 7.73. The largest absolute Gasteiger partial charge is 0.460 e. The average Bonchev–Trinajstić information content (AvgIpc) is 3.44. The molecule has 4 unspecified atom stereocenters. The number of pyridine rings is 1. The van der Waals surface area contributed by atoms with E-state index >= 15 is 0 Å². The smallest absolute Gasteiger partial charge is 0.433 e. The van der Waals surface area contributed by atoms with Gasteiger partial charge < -0.3 is 15.2 Å². The summed E-state index contributed by atoms with van der Waals surface area (Å²) in [5, 5.41) is 0. The molecule has 1 saturated heterocycles. The number of amides is 1. The predicted molar refractivity (Wildman–Crippen MR) is 163 cm³/mol. The molecular formula is C33H55F3N2O5. The number of halogens is 3. The number of hydrogen-bond donors (Lipinski definition) is 1. The van der Waals surface area contributed by atoms with E-state index < -0.39 is 18.0 Å². The summed E-state index contributed by atoms with van der Waals surface area (Å²) in [4.78, 5) is 37.0. The highest BCUT2D eigenvalue weighted by molar-refractivity contribution is 5.95. The molecular weight excluding hydrogens is 561 g/mol. The first-order valence-corrected chi connectivity index (χ1v) is 15.4. The Balaban J connectivity index is 0.000000662. The lowest BCUT2D eigenvalue weighted by molar-refractivity contribution is -0.152. The van der Waals surface area contributed by atoms with Crippen LogP contribution in [0.3, 0.4) is 0 Å². The van der Waals surface area contributed by atoms with E-state index in [9.17, 15) is 27.6 Å². The molecule has 0 aromatic carbocycles. The van der Waals surface area contributed by atoms with Crippen molar-refractivity contribution in [2.75, 3.05) is 6.61 Å². The Hall–Kier alpha value is -2.49. The maximum absolute atomic E-state index is 12.6. The predicted octanol–water partition coefficient (Wildman–Crippen LogP) is 8.63. The van der Waals surface area contributed by atoms with E-state index in [4.69, 9.17) is 15.2 Å². The van der Waals surface area contributed by atoms with Crippen LogP contribution in [0.5, 0.6) is 0 Å². The minimum Gasteiger partial charge on any atom is -0.460 e. The molecule has 43 heavy (non-hydrogen) atoms. The van der Waals surface area contributed by atoms with Gasteiger partial charge in [0.25, 0.3) is 0 Å². The van der Waals surface area contributed by atoms with Crippen molar-refractivity contribution in [2.24, 2.45) is 23.0 Å². The topological polar surface area (TPSA) is 109 Å². The van der Waals surface area contributed by atoms with E-state index in [1.165, 1.54) is 26.3 Å². The monoisotopic (exact) mass is 616 g/mol. The first-order chi connectivity index (χ1) is 19.7. The lowest BCUT2D eigenvalue weighted by atomic mass is 9.72. The fraction of sp³-hybridized carbons (Fsp3) is 0.758. The second kappa shape index (κ2) is 18.3.